The van der Waals surface area contributed by atoms with Gasteiger partial charge in [-0.1, -0.05) is 6.92 Å². The molecule has 1 aliphatic rings. The van der Waals surface area contributed by atoms with Gasteiger partial charge >= 0.3 is 0 Å². The van der Waals surface area contributed by atoms with E-state index < -0.39 is 0 Å². The summed E-state index contributed by atoms with van der Waals surface area (Å²) >= 11 is 0. The minimum Gasteiger partial charge on any atom is -0.477 e. The van der Waals surface area contributed by atoms with Gasteiger partial charge in [-0.3, -0.25) is 0 Å². The van der Waals surface area contributed by atoms with Crippen molar-refractivity contribution < 1.29 is 9.47 Å². The summed E-state index contributed by atoms with van der Waals surface area (Å²) in [6.45, 7) is 6.31. The van der Waals surface area contributed by atoms with Crippen LogP contribution in [0.1, 0.15) is 18.9 Å². The second-order valence-corrected chi connectivity index (χ2v) is 4.32. The van der Waals surface area contributed by atoms with Crippen molar-refractivity contribution in [3.63, 3.8) is 0 Å². The fourth-order valence-electron chi connectivity index (χ4n) is 1.83. The third-order valence-electron chi connectivity index (χ3n) is 2.87. The van der Waals surface area contributed by atoms with Gasteiger partial charge in [-0.15, -0.1) is 0 Å². The Bertz CT molecular complexity index is 338. The van der Waals surface area contributed by atoms with E-state index in [2.05, 4.69) is 17.2 Å². The quantitative estimate of drug-likeness (QED) is 0.815. The van der Waals surface area contributed by atoms with Crippen LogP contribution in [0.2, 0.25) is 0 Å². The average Bonchev–Trinajstić information content (AvgIpc) is 2.87. The van der Waals surface area contributed by atoms with E-state index in [1.165, 1.54) is 5.56 Å². The highest BCUT2D eigenvalue weighted by atomic mass is 16.5. The van der Waals surface area contributed by atoms with Gasteiger partial charge in [0.2, 0.25) is 5.88 Å². The Kier molecular flexibility index (Phi) is 4.76. The van der Waals surface area contributed by atoms with Crippen LogP contribution in [0.15, 0.2) is 18.3 Å². The number of pyridine rings is 1. The van der Waals surface area contributed by atoms with Gasteiger partial charge in [0.05, 0.1) is 13.2 Å². The summed E-state index contributed by atoms with van der Waals surface area (Å²) in [6, 6.07) is 4.01. The van der Waals surface area contributed by atoms with E-state index >= 15 is 0 Å². The van der Waals surface area contributed by atoms with Crippen molar-refractivity contribution in [2.45, 2.75) is 19.9 Å². The third kappa shape index (κ3) is 3.98. The molecule has 17 heavy (non-hydrogen) atoms. The Balaban J connectivity index is 1.82. The third-order valence-corrected chi connectivity index (χ3v) is 2.87. The Labute approximate surface area is 102 Å². The molecule has 94 valence electrons. The van der Waals surface area contributed by atoms with E-state index in [1.54, 1.807) is 6.20 Å². The SMILES string of the molecule is CCNCc1ccnc(OCC2CCOC2)c1. The van der Waals surface area contributed by atoms with Crippen LogP contribution >= 0.6 is 0 Å². The molecule has 1 N–H and O–H groups in total. The predicted molar refractivity (Wildman–Crippen MR) is 66.0 cm³/mol. The molecule has 2 heterocycles. The Morgan fingerprint density at radius 3 is 3.29 bits per heavy atom. The topological polar surface area (TPSA) is 43.4 Å². The molecule has 1 fully saturated rings. The van der Waals surface area contributed by atoms with Crippen LogP contribution < -0.4 is 10.1 Å². The Morgan fingerprint density at radius 2 is 2.53 bits per heavy atom. The van der Waals surface area contributed by atoms with Crippen LogP contribution in [-0.2, 0) is 11.3 Å². The molecule has 2 rings (SSSR count). The normalized spacial score (nSPS) is 19.5. The zero-order chi connectivity index (χ0) is 11.9. The molecule has 4 nitrogen and oxygen atoms in total. The lowest BCUT2D eigenvalue weighted by Crippen LogP contribution is -2.14. The summed E-state index contributed by atoms with van der Waals surface area (Å²) < 4.78 is 11.0. The first-order valence-corrected chi connectivity index (χ1v) is 6.24. The van der Waals surface area contributed by atoms with Gasteiger partial charge in [0.1, 0.15) is 0 Å². The van der Waals surface area contributed by atoms with Crippen LogP contribution in [-0.4, -0.2) is 31.3 Å². The standard InChI is InChI=1S/C13H20N2O2/c1-2-14-8-11-3-5-15-13(7-11)17-10-12-4-6-16-9-12/h3,5,7,12,14H,2,4,6,8-10H2,1H3. The number of ether oxygens (including phenoxy) is 2. The molecule has 0 aromatic carbocycles. The zero-order valence-corrected chi connectivity index (χ0v) is 10.3. The second-order valence-electron chi connectivity index (χ2n) is 4.32. The first kappa shape index (κ1) is 12.3. The van der Waals surface area contributed by atoms with Gasteiger partial charge in [0.25, 0.3) is 0 Å². The Morgan fingerprint density at radius 1 is 1.59 bits per heavy atom. The van der Waals surface area contributed by atoms with Crippen molar-refractivity contribution in [3.05, 3.63) is 23.9 Å². The summed E-state index contributed by atoms with van der Waals surface area (Å²) in [5.74, 6) is 1.24. The minimum atomic E-state index is 0.522. The summed E-state index contributed by atoms with van der Waals surface area (Å²) in [5.41, 5.74) is 1.21. The van der Waals surface area contributed by atoms with Crippen molar-refractivity contribution in [2.24, 2.45) is 5.92 Å². The molecular weight excluding hydrogens is 216 g/mol. The monoisotopic (exact) mass is 236 g/mol. The number of rotatable bonds is 6. The van der Waals surface area contributed by atoms with Crippen molar-refractivity contribution in [2.75, 3.05) is 26.4 Å². The highest BCUT2D eigenvalue weighted by molar-refractivity contribution is 5.20. The number of aromatic nitrogens is 1. The predicted octanol–water partition coefficient (Wildman–Crippen LogP) is 1.61. The molecule has 1 saturated heterocycles. The van der Waals surface area contributed by atoms with Crippen LogP contribution in [0.25, 0.3) is 0 Å². The highest BCUT2D eigenvalue weighted by Crippen LogP contribution is 2.15. The Hall–Kier alpha value is -1.13. The van der Waals surface area contributed by atoms with E-state index in [-0.39, 0.29) is 0 Å². The lowest BCUT2D eigenvalue weighted by atomic mass is 10.1. The van der Waals surface area contributed by atoms with Crippen LogP contribution in [0, 0.1) is 5.92 Å². The van der Waals surface area contributed by atoms with E-state index in [1.807, 2.05) is 12.1 Å². The van der Waals surface area contributed by atoms with Crippen molar-refractivity contribution in [1.29, 1.82) is 0 Å². The summed E-state index contributed by atoms with van der Waals surface area (Å²) in [6.07, 6.45) is 2.89. The van der Waals surface area contributed by atoms with Crippen LogP contribution in [0.4, 0.5) is 0 Å². The van der Waals surface area contributed by atoms with Gasteiger partial charge < -0.3 is 14.8 Å². The number of nitrogens with zero attached hydrogens (tertiary/aromatic N) is 1. The second kappa shape index (κ2) is 6.57. The average molecular weight is 236 g/mol. The molecule has 0 amide bonds. The van der Waals surface area contributed by atoms with Crippen molar-refractivity contribution in [3.8, 4) is 5.88 Å². The summed E-state index contributed by atoms with van der Waals surface area (Å²) in [5, 5.41) is 3.29. The molecule has 1 aromatic rings. The van der Waals surface area contributed by atoms with Crippen molar-refractivity contribution >= 4 is 0 Å². The molecule has 1 aromatic heterocycles. The maximum absolute atomic E-state index is 5.69. The van der Waals surface area contributed by atoms with E-state index in [9.17, 15) is 0 Å². The molecule has 0 bridgehead atoms. The maximum atomic E-state index is 5.69. The lowest BCUT2D eigenvalue weighted by Gasteiger charge is -2.10. The number of nitrogens with one attached hydrogen (secondary N) is 1. The molecule has 1 unspecified atom stereocenters. The molecule has 4 heteroatoms. The van der Waals surface area contributed by atoms with E-state index in [0.717, 1.165) is 32.7 Å². The van der Waals surface area contributed by atoms with Gasteiger partial charge in [0, 0.05) is 31.3 Å². The highest BCUT2D eigenvalue weighted by Gasteiger charge is 2.16. The minimum absolute atomic E-state index is 0.522. The molecule has 0 aliphatic carbocycles. The number of hydrogen-bond donors (Lipinski definition) is 1. The molecular formula is C13H20N2O2. The van der Waals surface area contributed by atoms with E-state index in [4.69, 9.17) is 9.47 Å². The fourth-order valence-corrected chi connectivity index (χ4v) is 1.83. The van der Waals surface area contributed by atoms with Crippen molar-refractivity contribution in [1.82, 2.24) is 10.3 Å². The summed E-state index contributed by atoms with van der Waals surface area (Å²) in [7, 11) is 0. The molecule has 0 radical (unpaired) electrons. The van der Waals surface area contributed by atoms with Crippen LogP contribution in [0.3, 0.4) is 0 Å². The smallest absolute Gasteiger partial charge is 0.213 e. The van der Waals surface area contributed by atoms with Gasteiger partial charge in [-0.05, 0) is 24.6 Å². The van der Waals surface area contributed by atoms with Gasteiger partial charge in [-0.25, -0.2) is 4.98 Å². The molecule has 1 atom stereocenters. The molecule has 1 aliphatic heterocycles. The van der Waals surface area contributed by atoms with E-state index in [0.29, 0.717) is 18.4 Å². The molecule has 0 saturated carbocycles. The maximum Gasteiger partial charge on any atom is 0.213 e. The molecule has 0 spiro atoms. The van der Waals surface area contributed by atoms with Gasteiger partial charge in [0.15, 0.2) is 0 Å². The fraction of sp³-hybridized carbons (Fsp3) is 0.615. The largest absolute Gasteiger partial charge is 0.477 e. The van der Waals surface area contributed by atoms with Gasteiger partial charge in [-0.2, -0.15) is 0 Å². The first-order valence-electron chi connectivity index (χ1n) is 6.24. The summed E-state index contributed by atoms with van der Waals surface area (Å²) in [4.78, 5) is 4.22. The zero-order valence-electron chi connectivity index (χ0n) is 10.3. The lowest BCUT2D eigenvalue weighted by molar-refractivity contribution is 0.165. The van der Waals surface area contributed by atoms with Crippen LogP contribution in [0.5, 0.6) is 5.88 Å². The number of hydrogen-bond acceptors (Lipinski definition) is 4. The first-order chi connectivity index (χ1) is 8.38.